The standard InChI is InChI=1S/C10H9Cl2N5O2/c11-8-3-6(9(12)16-15-8)13-1-2-17-4-7(10(18)19)14-5-17/h3-5H,1-2H2,(H,13,15)(H,18,19). The zero-order valence-corrected chi connectivity index (χ0v) is 11.1. The number of hydrogen-bond acceptors (Lipinski definition) is 5. The Labute approximate surface area is 118 Å². The van der Waals surface area contributed by atoms with Gasteiger partial charge in [0.25, 0.3) is 0 Å². The van der Waals surface area contributed by atoms with Crippen LogP contribution in [-0.4, -0.2) is 37.4 Å². The van der Waals surface area contributed by atoms with Gasteiger partial charge in [0.1, 0.15) is 0 Å². The highest BCUT2D eigenvalue weighted by Crippen LogP contribution is 2.20. The van der Waals surface area contributed by atoms with Gasteiger partial charge in [-0.1, -0.05) is 23.2 Å². The molecule has 0 saturated carbocycles. The molecule has 0 radical (unpaired) electrons. The summed E-state index contributed by atoms with van der Waals surface area (Å²) in [6, 6.07) is 1.56. The van der Waals surface area contributed by atoms with E-state index in [1.807, 2.05) is 0 Å². The second-order valence-electron chi connectivity index (χ2n) is 3.60. The number of halogens is 2. The first-order valence-corrected chi connectivity index (χ1v) is 5.99. The van der Waals surface area contributed by atoms with Crippen LogP contribution in [-0.2, 0) is 6.54 Å². The van der Waals surface area contributed by atoms with E-state index >= 15 is 0 Å². The van der Waals surface area contributed by atoms with E-state index in [1.54, 1.807) is 10.6 Å². The van der Waals surface area contributed by atoms with Gasteiger partial charge in [-0.05, 0) is 0 Å². The van der Waals surface area contributed by atoms with Crippen LogP contribution in [0.3, 0.4) is 0 Å². The molecule has 0 aliphatic carbocycles. The van der Waals surface area contributed by atoms with Gasteiger partial charge in [0.05, 0.1) is 12.0 Å². The van der Waals surface area contributed by atoms with Crippen molar-refractivity contribution >= 4 is 34.9 Å². The van der Waals surface area contributed by atoms with Crippen LogP contribution in [0.25, 0.3) is 0 Å². The molecule has 2 aromatic rings. The number of anilines is 1. The Morgan fingerprint density at radius 1 is 1.42 bits per heavy atom. The average Bonchev–Trinajstić information content (AvgIpc) is 2.82. The molecule has 0 bridgehead atoms. The third kappa shape index (κ3) is 3.55. The van der Waals surface area contributed by atoms with E-state index in [0.717, 1.165) is 0 Å². The molecule has 0 fully saturated rings. The fraction of sp³-hybridized carbons (Fsp3) is 0.200. The topological polar surface area (TPSA) is 92.9 Å². The molecule has 9 heteroatoms. The Balaban J connectivity index is 1.92. The molecule has 7 nitrogen and oxygen atoms in total. The molecule has 0 unspecified atom stereocenters. The molecule has 100 valence electrons. The van der Waals surface area contributed by atoms with Crippen LogP contribution in [0.4, 0.5) is 5.69 Å². The van der Waals surface area contributed by atoms with Crippen molar-refractivity contribution in [3.63, 3.8) is 0 Å². The predicted molar refractivity (Wildman–Crippen MR) is 69.7 cm³/mol. The molecule has 0 atom stereocenters. The molecule has 0 aliphatic rings. The third-order valence-electron chi connectivity index (χ3n) is 2.26. The molecule has 2 aromatic heterocycles. The monoisotopic (exact) mass is 301 g/mol. The Bertz CT molecular complexity index is 601. The summed E-state index contributed by atoms with van der Waals surface area (Å²) >= 11 is 11.5. The number of carboxylic acid groups (broad SMARTS) is 1. The van der Waals surface area contributed by atoms with E-state index in [1.165, 1.54) is 12.5 Å². The summed E-state index contributed by atoms with van der Waals surface area (Å²) in [6.07, 6.45) is 2.90. The zero-order chi connectivity index (χ0) is 13.8. The number of nitrogens with one attached hydrogen (secondary N) is 1. The second kappa shape index (κ2) is 5.85. The maximum Gasteiger partial charge on any atom is 0.356 e. The Morgan fingerprint density at radius 2 is 2.21 bits per heavy atom. The van der Waals surface area contributed by atoms with Crippen molar-refractivity contribution < 1.29 is 9.90 Å². The number of rotatable bonds is 5. The molecular formula is C10H9Cl2N5O2. The van der Waals surface area contributed by atoms with Gasteiger partial charge >= 0.3 is 5.97 Å². The first kappa shape index (κ1) is 13.6. The molecule has 0 spiro atoms. The number of nitrogens with zero attached hydrogens (tertiary/aromatic N) is 4. The van der Waals surface area contributed by atoms with Crippen molar-refractivity contribution in [3.05, 3.63) is 34.6 Å². The lowest BCUT2D eigenvalue weighted by molar-refractivity contribution is 0.0691. The Hall–Kier alpha value is -1.86. The van der Waals surface area contributed by atoms with E-state index in [4.69, 9.17) is 28.3 Å². The number of imidazole rings is 1. The number of aromatic nitrogens is 4. The van der Waals surface area contributed by atoms with Crippen LogP contribution >= 0.6 is 23.2 Å². The lowest BCUT2D eigenvalue weighted by Gasteiger charge is -2.07. The molecule has 0 aliphatic heterocycles. The second-order valence-corrected chi connectivity index (χ2v) is 4.35. The summed E-state index contributed by atoms with van der Waals surface area (Å²) in [5.41, 5.74) is 0.576. The lowest BCUT2D eigenvalue weighted by Crippen LogP contribution is -2.10. The zero-order valence-electron chi connectivity index (χ0n) is 9.55. The fourth-order valence-electron chi connectivity index (χ4n) is 1.39. The first-order chi connectivity index (χ1) is 9.06. The van der Waals surface area contributed by atoms with Gasteiger partial charge in [-0.2, -0.15) is 0 Å². The number of carbonyl (C=O) groups is 1. The Morgan fingerprint density at radius 3 is 2.89 bits per heavy atom. The summed E-state index contributed by atoms with van der Waals surface area (Å²) in [5.74, 6) is -1.06. The molecule has 19 heavy (non-hydrogen) atoms. The number of aromatic carboxylic acids is 1. The van der Waals surface area contributed by atoms with Crippen molar-refractivity contribution in [1.29, 1.82) is 0 Å². The SMILES string of the molecule is O=C(O)c1cn(CCNc2cc(Cl)nnc2Cl)cn1. The van der Waals surface area contributed by atoms with Crippen LogP contribution in [0, 0.1) is 0 Å². The predicted octanol–water partition coefficient (Wildman–Crippen LogP) is 1.79. The largest absolute Gasteiger partial charge is 0.476 e. The molecule has 2 heterocycles. The van der Waals surface area contributed by atoms with Crippen LogP contribution in [0.5, 0.6) is 0 Å². The van der Waals surface area contributed by atoms with E-state index in [-0.39, 0.29) is 16.0 Å². The maximum atomic E-state index is 10.7. The normalized spacial score (nSPS) is 10.4. The molecular weight excluding hydrogens is 293 g/mol. The summed E-state index contributed by atoms with van der Waals surface area (Å²) in [5, 5.41) is 19.5. The lowest BCUT2D eigenvalue weighted by atomic mass is 10.4. The van der Waals surface area contributed by atoms with Gasteiger partial charge in [0.15, 0.2) is 16.0 Å². The smallest absolute Gasteiger partial charge is 0.356 e. The highest BCUT2D eigenvalue weighted by atomic mass is 35.5. The van der Waals surface area contributed by atoms with Crippen molar-refractivity contribution in [3.8, 4) is 0 Å². The van der Waals surface area contributed by atoms with E-state index in [0.29, 0.717) is 18.8 Å². The first-order valence-electron chi connectivity index (χ1n) is 5.24. The van der Waals surface area contributed by atoms with Gasteiger partial charge in [0.2, 0.25) is 0 Å². The van der Waals surface area contributed by atoms with Gasteiger partial charge in [-0.25, -0.2) is 9.78 Å². The highest BCUT2D eigenvalue weighted by Gasteiger charge is 2.07. The Kier molecular flexibility index (Phi) is 4.18. The highest BCUT2D eigenvalue weighted by molar-refractivity contribution is 6.33. The van der Waals surface area contributed by atoms with Crippen molar-refractivity contribution in [2.75, 3.05) is 11.9 Å². The fourth-order valence-corrected chi connectivity index (χ4v) is 1.70. The minimum Gasteiger partial charge on any atom is -0.476 e. The number of carboxylic acids is 1. The van der Waals surface area contributed by atoms with Gasteiger partial charge in [-0.3, -0.25) is 0 Å². The molecule has 0 saturated heterocycles. The minimum atomic E-state index is -1.06. The van der Waals surface area contributed by atoms with Crippen molar-refractivity contribution in [1.82, 2.24) is 19.7 Å². The van der Waals surface area contributed by atoms with Gasteiger partial charge in [0, 0.05) is 25.4 Å². The summed E-state index contributed by atoms with van der Waals surface area (Å²) in [4.78, 5) is 14.4. The number of hydrogen-bond donors (Lipinski definition) is 2. The van der Waals surface area contributed by atoms with Crippen molar-refractivity contribution in [2.24, 2.45) is 0 Å². The van der Waals surface area contributed by atoms with Crippen LogP contribution in [0.1, 0.15) is 10.5 Å². The molecule has 2 N–H and O–H groups in total. The summed E-state index contributed by atoms with van der Waals surface area (Å²) in [6.45, 7) is 1.04. The molecule has 0 amide bonds. The van der Waals surface area contributed by atoms with E-state index in [2.05, 4.69) is 20.5 Å². The average molecular weight is 302 g/mol. The molecule has 0 aromatic carbocycles. The van der Waals surface area contributed by atoms with Gasteiger partial charge < -0.3 is 15.0 Å². The van der Waals surface area contributed by atoms with Crippen LogP contribution in [0.15, 0.2) is 18.6 Å². The quantitative estimate of drug-likeness (QED) is 0.874. The maximum absolute atomic E-state index is 10.7. The summed E-state index contributed by atoms with van der Waals surface area (Å²) < 4.78 is 1.65. The third-order valence-corrected chi connectivity index (χ3v) is 2.72. The van der Waals surface area contributed by atoms with E-state index < -0.39 is 5.97 Å². The minimum absolute atomic E-state index is 0.00616. The molecule has 2 rings (SSSR count). The van der Waals surface area contributed by atoms with E-state index in [9.17, 15) is 4.79 Å². The summed E-state index contributed by atoms with van der Waals surface area (Å²) in [7, 11) is 0. The van der Waals surface area contributed by atoms with Gasteiger partial charge in [-0.15, -0.1) is 10.2 Å². The van der Waals surface area contributed by atoms with Crippen molar-refractivity contribution in [2.45, 2.75) is 6.54 Å². The van der Waals surface area contributed by atoms with Crippen LogP contribution < -0.4 is 5.32 Å². The van der Waals surface area contributed by atoms with Crippen LogP contribution in [0.2, 0.25) is 10.3 Å².